The third kappa shape index (κ3) is 5.05. The lowest BCUT2D eigenvalue weighted by atomic mass is 10.1. The molecule has 0 saturated carbocycles. The third-order valence-corrected chi connectivity index (χ3v) is 4.69. The van der Waals surface area contributed by atoms with Gasteiger partial charge in [-0.3, -0.25) is 4.79 Å². The first-order valence-corrected chi connectivity index (χ1v) is 9.16. The number of benzene rings is 2. The molecule has 2 rings (SSSR count). The number of carbonyl (C=O) groups is 1. The molecule has 2 aromatic rings. The van der Waals surface area contributed by atoms with Crippen molar-refractivity contribution in [2.75, 3.05) is 14.2 Å². The Morgan fingerprint density at radius 1 is 1.08 bits per heavy atom. The second kappa shape index (κ2) is 9.14. The molecule has 0 bridgehead atoms. The molecule has 5 nitrogen and oxygen atoms in total. The molecule has 2 atom stereocenters. The Balaban J connectivity index is 2.06. The van der Waals surface area contributed by atoms with Crippen LogP contribution in [0.5, 0.6) is 17.2 Å². The first-order chi connectivity index (χ1) is 12.3. The second-order valence-electron chi connectivity index (χ2n) is 5.67. The van der Waals surface area contributed by atoms with E-state index in [2.05, 4.69) is 21.2 Å². The molecule has 0 heterocycles. The van der Waals surface area contributed by atoms with Crippen LogP contribution in [0.25, 0.3) is 0 Å². The minimum Gasteiger partial charge on any atom is -0.497 e. The van der Waals surface area contributed by atoms with Crippen LogP contribution in [0, 0.1) is 0 Å². The maximum atomic E-state index is 12.5. The van der Waals surface area contributed by atoms with E-state index in [1.54, 1.807) is 45.4 Å². The van der Waals surface area contributed by atoms with E-state index in [1.807, 2.05) is 19.1 Å². The molecule has 26 heavy (non-hydrogen) atoms. The number of amides is 1. The first kappa shape index (κ1) is 20.4. The highest BCUT2D eigenvalue weighted by atomic mass is 79.9. The average molecular weight is 443 g/mol. The Bertz CT molecular complexity index is 784. The fourth-order valence-corrected chi connectivity index (χ4v) is 3.18. The lowest BCUT2D eigenvalue weighted by molar-refractivity contribution is -0.127. The highest BCUT2D eigenvalue weighted by Crippen LogP contribution is 2.30. The molecule has 1 amide bonds. The zero-order valence-corrected chi connectivity index (χ0v) is 17.3. The van der Waals surface area contributed by atoms with Crippen LogP contribution in [0.2, 0.25) is 5.02 Å². The molecule has 0 saturated heterocycles. The average Bonchev–Trinajstić information content (AvgIpc) is 2.63. The second-order valence-corrected chi connectivity index (χ2v) is 6.96. The van der Waals surface area contributed by atoms with E-state index in [4.69, 9.17) is 25.8 Å². The van der Waals surface area contributed by atoms with Crippen molar-refractivity contribution in [1.82, 2.24) is 5.32 Å². The fraction of sp³-hybridized carbons (Fsp3) is 0.316. The number of ether oxygens (including phenoxy) is 3. The quantitative estimate of drug-likeness (QED) is 0.671. The Kier molecular flexibility index (Phi) is 7.17. The Hall–Kier alpha value is -1.92. The van der Waals surface area contributed by atoms with Gasteiger partial charge in [0.05, 0.1) is 24.7 Å². The molecule has 2 unspecified atom stereocenters. The van der Waals surface area contributed by atoms with E-state index in [1.165, 1.54) is 0 Å². The Labute approximate surface area is 166 Å². The summed E-state index contributed by atoms with van der Waals surface area (Å²) in [6.07, 6.45) is -0.681. The summed E-state index contributed by atoms with van der Waals surface area (Å²) in [7, 11) is 3.17. The van der Waals surface area contributed by atoms with Gasteiger partial charge in [-0.2, -0.15) is 0 Å². The number of rotatable bonds is 7. The van der Waals surface area contributed by atoms with Crippen molar-refractivity contribution in [2.24, 2.45) is 0 Å². The first-order valence-electron chi connectivity index (χ1n) is 7.99. The molecule has 140 valence electrons. The van der Waals surface area contributed by atoms with Crippen LogP contribution >= 0.6 is 27.5 Å². The van der Waals surface area contributed by atoms with Crippen LogP contribution in [-0.2, 0) is 4.79 Å². The fourth-order valence-electron chi connectivity index (χ4n) is 2.40. The molecule has 1 N–H and O–H groups in total. The van der Waals surface area contributed by atoms with Gasteiger partial charge in [-0.25, -0.2) is 0 Å². The molecular weight excluding hydrogens is 422 g/mol. The molecule has 0 aliphatic carbocycles. The highest BCUT2D eigenvalue weighted by molar-refractivity contribution is 9.10. The van der Waals surface area contributed by atoms with Gasteiger partial charge in [0.25, 0.3) is 5.91 Å². The maximum Gasteiger partial charge on any atom is 0.261 e. The van der Waals surface area contributed by atoms with Crippen LogP contribution < -0.4 is 19.5 Å². The van der Waals surface area contributed by atoms with E-state index >= 15 is 0 Å². The van der Waals surface area contributed by atoms with E-state index in [-0.39, 0.29) is 11.9 Å². The minimum atomic E-state index is -0.681. The van der Waals surface area contributed by atoms with Gasteiger partial charge < -0.3 is 19.5 Å². The minimum absolute atomic E-state index is 0.239. The summed E-state index contributed by atoms with van der Waals surface area (Å²) in [5.41, 5.74) is 0.849. The number of nitrogens with one attached hydrogen (secondary N) is 1. The van der Waals surface area contributed by atoms with Crippen molar-refractivity contribution in [1.29, 1.82) is 0 Å². The van der Waals surface area contributed by atoms with Crippen LogP contribution in [0.3, 0.4) is 0 Å². The van der Waals surface area contributed by atoms with E-state index in [0.717, 1.165) is 5.56 Å². The SMILES string of the molecule is COc1ccc(C(C)NC(=O)C(C)Oc2ccc(Cl)cc2Br)c(OC)c1. The van der Waals surface area contributed by atoms with Crippen molar-refractivity contribution in [3.05, 3.63) is 51.5 Å². The van der Waals surface area contributed by atoms with Crippen LogP contribution in [0.15, 0.2) is 40.9 Å². The lowest BCUT2D eigenvalue weighted by Crippen LogP contribution is -2.37. The normalized spacial score (nSPS) is 12.8. The van der Waals surface area contributed by atoms with Gasteiger partial charge in [-0.15, -0.1) is 0 Å². The van der Waals surface area contributed by atoms with Gasteiger partial charge in [-0.1, -0.05) is 11.6 Å². The van der Waals surface area contributed by atoms with E-state index in [0.29, 0.717) is 26.7 Å². The van der Waals surface area contributed by atoms with Crippen LogP contribution in [0.4, 0.5) is 0 Å². The number of methoxy groups -OCH3 is 2. The number of hydrogen-bond donors (Lipinski definition) is 1. The van der Waals surface area contributed by atoms with Crippen molar-refractivity contribution in [3.8, 4) is 17.2 Å². The van der Waals surface area contributed by atoms with Gasteiger partial charge in [-0.05, 0) is 60.1 Å². The Morgan fingerprint density at radius 3 is 2.42 bits per heavy atom. The smallest absolute Gasteiger partial charge is 0.261 e. The van der Waals surface area contributed by atoms with Gasteiger partial charge >= 0.3 is 0 Å². The van der Waals surface area contributed by atoms with Crippen molar-refractivity contribution >= 4 is 33.4 Å². The molecule has 0 spiro atoms. The van der Waals surface area contributed by atoms with Crippen LogP contribution in [-0.4, -0.2) is 26.2 Å². The standard InChI is InChI=1S/C19H21BrClNO4/c1-11(15-7-6-14(24-3)10-18(15)25-4)22-19(23)12(2)26-17-8-5-13(21)9-16(17)20/h5-12H,1-4H3,(H,22,23). The molecule has 0 radical (unpaired) electrons. The third-order valence-electron chi connectivity index (χ3n) is 3.83. The molecule has 0 aromatic heterocycles. The summed E-state index contributed by atoms with van der Waals surface area (Å²) in [6.45, 7) is 3.57. The largest absolute Gasteiger partial charge is 0.497 e. The number of hydrogen-bond acceptors (Lipinski definition) is 4. The summed E-state index contributed by atoms with van der Waals surface area (Å²) >= 11 is 9.29. The van der Waals surface area contributed by atoms with Gasteiger partial charge in [0, 0.05) is 16.7 Å². The topological polar surface area (TPSA) is 56.8 Å². The van der Waals surface area contributed by atoms with Crippen LogP contribution in [0.1, 0.15) is 25.5 Å². The monoisotopic (exact) mass is 441 g/mol. The molecule has 7 heteroatoms. The molecule has 0 aliphatic rings. The van der Waals surface area contributed by atoms with Crippen molar-refractivity contribution in [3.63, 3.8) is 0 Å². The van der Waals surface area contributed by atoms with Crippen molar-refractivity contribution in [2.45, 2.75) is 26.0 Å². The zero-order chi connectivity index (χ0) is 19.3. The summed E-state index contributed by atoms with van der Waals surface area (Å²) in [5.74, 6) is 1.64. The van der Waals surface area contributed by atoms with Crippen molar-refractivity contribution < 1.29 is 19.0 Å². The molecule has 0 aliphatic heterocycles. The molecule has 0 fully saturated rings. The number of carbonyl (C=O) groups excluding carboxylic acids is 1. The lowest BCUT2D eigenvalue weighted by Gasteiger charge is -2.21. The van der Waals surface area contributed by atoms with Gasteiger partial charge in [0.1, 0.15) is 17.2 Å². The predicted octanol–water partition coefficient (Wildman–Crippen LogP) is 4.76. The summed E-state index contributed by atoms with van der Waals surface area (Å²) in [4.78, 5) is 12.5. The number of halogens is 2. The molecule has 2 aromatic carbocycles. The Morgan fingerprint density at radius 2 is 1.81 bits per heavy atom. The highest BCUT2D eigenvalue weighted by Gasteiger charge is 2.20. The summed E-state index contributed by atoms with van der Waals surface area (Å²) in [5, 5.41) is 3.52. The van der Waals surface area contributed by atoms with Gasteiger partial charge in [0.15, 0.2) is 6.10 Å². The summed E-state index contributed by atoms with van der Waals surface area (Å²) in [6, 6.07) is 10.3. The summed E-state index contributed by atoms with van der Waals surface area (Å²) < 4.78 is 17.0. The van der Waals surface area contributed by atoms with E-state index < -0.39 is 6.10 Å². The zero-order valence-electron chi connectivity index (χ0n) is 15.0. The predicted molar refractivity (Wildman–Crippen MR) is 105 cm³/mol. The van der Waals surface area contributed by atoms with E-state index in [9.17, 15) is 4.79 Å². The molecular formula is C19H21BrClNO4. The maximum absolute atomic E-state index is 12.5. The van der Waals surface area contributed by atoms with Gasteiger partial charge in [0.2, 0.25) is 0 Å².